The molecule has 112 valence electrons. The molecule has 0 aliphatic heterocycles. The molecule has 7 heteroatoms. The maximum atomic E-state index is 10.7. The first-order valence-corrected chi connectivity index (χ1v) is 7.34. The molecule has 0 N–H and O–H groups in total. The van der Waals surface area contributed by atoms with Crippen molar-refractivity contribution in [3.63, 3.8) is 0 Å². The summed E-state index contributed by atoms with van der Waals surface area (Å²) in [7, 11) is 1.65. The largest absolute Gasteiger partial charge is 0.491 e. The fraction of sp³-hybridized carbons (Fsp3) is 0.538. The molecule has 0 unspecified atom stereocenters. The van der Waals surface area contributed by atoms with Crippen LogP contribution in [0.2, 0.25) is 0 Å². The second-order valence-corrected chi connectivity index (χ2v) is 4.55. The average molecular weight is 348 g/mol. The number of rotatable bonds is 10. The molecule has 0 aromatic heterocycles. The molecule has 1 rings (SSSR count). The van der Waals surface area contributed by atoms with Gasteiger partial charge in [0, 0.05) is 43.3 Å². The third-order valence-corrected chi connectivity index (χ3v) is 3.13. The van der Waals surface area contributed by atoms with E-state index in [0.717, 1.165) is 12.0 Å². The Kier molecular flexibility index (Phi) is 8.17. The summed E-state index contributed by atoms with van der Waals surface area (Å²) in [6, 6.07) is 4.55. The highest BCUT2D eigenvalue weighted by molar-refractivity contribution is 9.08. The van der Waals surface area contributed by atoms with E-state index in [0.29, 0.717) is 37.5 Å². The van der Waals surface area contributed by atoms with E-state index < -0.39 is 4.92 Å². The van der Waals surface area contributed by atoms with Crippen LogP contribution in [0, 0.1) is 10.1 Å². The molecule has 0 saturated heterocycles. The zero-order valence-electron chi connectivity index (χ0n) is 11.3. The summed E-state index contributed by atoms with van der Waals surface area (Å²) in [6.07, 6.45) is 0.848. The Balaban J connectivity index is 2.38. The van der Waals surface area contributed by atoms with Crippen molar-refractivity contribution >= 4 is 21.6 Å². The molecule has 0 fully saturated rings. The number of hydrogen-bond acceptors (Lipinski definition) is 5. The molecule has 0 bridgehead atoms. The molecule has 6 nitrogen and oxygen atoms in total. The van der Waals surface area contributed by atoms with Gasteiger partial charge < -0.3 is 14.2 Å². The third kappa shape index (κ3) is 5.85. The average Bonchev–Trinajstić information content (AvgIpc) is 2.46. The van der Waals surface area contributed by atoms with Crippen molar-refractivity contribution in [1.82, 2.24) is 0 Å². The van der Waals surface area contributed by atoms with E-state index in [1.54, 1.807) is 13.2 Å². The van der Waals surface area contributed by atoms with Gasteiger partial charge in [-0.1, -0.05) is 15.9 Å². The number of nitro benzene ring substituents is 1. The summed E-state index contributed by atoms with van der Waals surface area (Å²) in [5.74, 6) is 0.632. The van der Waals surface area contributed by atoms with Gasteiger partial charge in [-0.3, -0.25) is 10.1 Å². The molecule has 0 saturated carbocycles. The van der Waals surface area contributed by atoms with Gasteiger partial charge in [0.05, 0.1) is 11.5 Å². The van der Waals surface area contributed by atoms with Crippen LogP contribution in [0.4, 0.5) is 5.69 Å². The van der Waals surface area contributed by atoms with Crippen molar-refractivity contribution < 1.29 is 19.1 Å². The highest BCUT2D eigenvalue weighted by Gasteiger charge is 2.10. The smallest absolute Gasteiger partial charge is 0.270 e. The second kappa shape index (κ2) is 9.68. The fourth-order valence-electron chi connectivity index (χ4n) is 1.54. The lowest BCUT2D eigenvalue weighted by Gasteiger charge is -2.10. The number of nitro groups is 1. The Bertz CT molecular complexity index is 427. The minimum atomic E-state index is -0.422. The number of benzene rings is 1. The Morgan fingerprint density at radius 2 is 2.05 bits per heavy atom. The van der Waals surface area contributed by atoms with E-state index in [9.17, 15) is 10.1 Å². The SMILES string of the molecule is COCCCOCCOc1ccc([N+](=O)[O-])cc1CBr. The van der Waals surface area contributed by atoms with Crippen LogP contribution in [0.3, 0.4) is 0 Å². The maximum absolute atomic E-state index is 10.7. The van der Waals surface area contributed by atoms with Crippen LogP contribution in [-0.2, 0) is 14.8 Å². The van der Waals surface area contributed by atoms with E-state index in [1.807, 2.05) is 0 Å². The van der Waals surface area contributed by atoms with Crippen molar-refractivity contribution in [2.45, 2.75) is 11.8 Å². The molecule has 0 aliphatic rings. The van der Waals surface area contributed by atoms with Crippen LogP contribution < -0.4 is 4.74 Å². The monoisotopic (exact) mass is 347 g/mol. The van der Waals surface area contributed by atoms with Crippen LogP contribution in [0.15, 0.2) is 18.2 Å². The molecule has 0 radical (unpaired) electrons. The molecule has 0 atom stereocenters. The summed E-state index contributed by atoms with van der Waals surface area (Å²) in [4.78, 5) is 10.3. The fourth-order valence-corrected chi connectivity index (χ4v) is 1.98. The zero-order valence-corrected chi connectivity index (χ0v) is 12.9. The third-order valence-electron chi connectivity index (χ3n) is 2.52. The first-order valence-electron chi connectivity index (χ1n) is 6.21. The highest BCUT2D eigenvalue weighted by Crippen LogP contribution is 2.26. The molecule has 1 aromatic carbocycles. The predicted molar refractivity (Wildman–Crippen MR) is 78.5 cm³/mol. The number of ether oxygens (including phenoxy) is 3. The van der Waals surface area contributed by atoms with Crippen molar-refractivity contribution in [1.29, 1.82) is 0 Å². The van der Waals surface area contributed by atoms with E-state index in [1.165, 1.54) is 12.1 Å². The molecule has 0 heterocycles. The van der Waals surface area contributed by atoms with Crippen LogP contribution >= 0.6 is 15.9 Å². The molecular formula is C13H18BrNO5. The summed E-state index contributed by atoms with van der Waals surface area (Å²) >= 11 is 3.29. The van der Waals surface area contributed by atoms with Crippen molar-refractivity contribution in [3.05, 3.63) is 33.9 Å². The van der Waals surface area contributed by atoms with Crippen molar-refractivity contribution in [2.75, 3.05) is 33.5 Å². The quantitative estimate of drug-likeness (QED) is 0.281. The number of alkyl halides is 1. The van der Waals surface area contributed by atoms with Gasteiger partial charge in [0.1, 0.15) is 12.4 Å². The van der Waals surface area contributed by atoms with Crippen LogP contribution in [-0.4, -0.2) is 38.5 Å². The molecule has 0 spiro atoms. The lowest BCUT2D eigenvalue weighted by Crippen LogP contribution is -2.09. The summed E-state index contributed by atoms with van der Waals surface area (Å²) in [5, 5.41) is 11.2. The molecule has 20 heavy (non-hydrogen) atoms. The van der Waals surface area contributed by atoms with E-state index in [4.69, 9.17) is 14.2 Å². The Hall–Kier alpha value is -1.18. The number of methoxy groups -OCH3 is 1. The van der Waals surface area contributed by atoms with E-state index >= 15 is 0 Å². The highest BCUT2D eigenvalue weighted by atomic mass is 79.9. The molecule has 0 aliphatic carbocycles. The van der Waals surface area contributed by atoms with Gasteiger partial charge in [0.2, 0.25) is 0 Å². The zero-order chi connectivity index (χ0) is 14.8. The second-order valence-electron chi connectivity index (χ2n) is 3.99. The van der Waals surface area contributed by atoms with Crippen LogP contribution in [0.5, 0.6) is 5.75 Å². The predicted octanol–water partition coefficient (Wildman–Crippen LogP) is 2.92. The summed E-state index contributed by atoms with van der Waals surface area (Å²) in [5.41, 5.74) is 0.807. The Labute approximate surface area is 126 Å². The minimum absolute atomic E-state index is 0.0580. The summed E-state index contributed by atoms with van der Waals surface area (Å²) < 4.78 is 15.8. The van der Waals surface area contributed by atoms with E-state index in [2.05, 4.69) is 15.9 Å². The normalized spacial score (nSPS) is 10.5. The van der Waals surface area contributed by atoms with E-state index in [-0.39, 0.29) is 5.69 Å². The Morgan fingerprint density at radius 3 is 2.70 bits per heavy atom. The van der Waals surface area contributed by atoms with Gasteiger partial charge in [0.15, 0.2) is 0 Å². The molecule has 0 amide bonds. The van der Waals surface area contributed by atoms with Gasteiger partial charge in [-0.25, -0.2) is 0 Å². The number of nitrogens with zero attached hydrogens (tertiary/aromatic N) is 1. The molecule has 1 aromatic rings. The van der Waals surface area contributed by atoms with Crippen LogP contribution in [0.1, 0.15) is 12.0 Å². The number of halogens is 1. The van der Waals surface area contributed by atoms with Crippen molar-refractivity contribution in [2.24, 2.45) is 0 Å². The first kappa shape index (κ1) is 16.9. The number of non-ortho nitro benzene ring substituents is 1. The lowest BCUT2D eigenvalue weighted by molar-refractivity contribution is -0.384. The standard InChI is InChI=1S/C13H18BrNO5/c1-18-5-2-6-19-7-8-20-13-4-3-12(15(16)17)9-11(13)10-14/h3-4,9H,2,5-8,10H2,1H3. The topological polar surface area (TPSA) is 70.8 Å². The first-order chi connectivity index (χ1) is 9.69. The van der Waals surface area contributed by atoms with Gasteiger partial charge in [-0.2, -0.15) is 0 Å². The maximum Gasteiger partial charge on any atom is 0.270 e. The summed E-state index contributed by atoms with van der Waals surface area (Å²) in [6.45, 7) is 2.19. The minimum Gasteiger partial charge on any atom is -0.491 e. The van der Waals surface area contributed by atoms with Crippen molar-refractivity contribution in [3.8, 4) is 5.75 Å². The van der Waals surface area contributed by atoms with Gasteiger partial charge in [-0.15, -0.1) is 0 Å². The molecular weight excluding hydrogens is 330 g/mol. The number of hydrogen-bond donors (Lipinski definition) is 0. The van der Waals surface area contributed by atoms with Gasteiger partial charge in [0.25, 0.3) is 5.69 Å². The Morgan fingerprint density at radius 1 is 1.25 bits per heavy atom. The lowest BCUT2D eigenvalue weighted by atomic mass is 10.2. The van der Waals surface area contributed by atoms with Gasteiger partial charge >= 0.3 is 0 Å². The van der Waals surface area contributed by atoms with Gasteiger partial charge in [-0.05, 0) is 12.5 Å². The van der Waals surface area contributed by atoms with Crippen LogP contribution in [0.25, 0.3) is 0 Å².